The lowest BCUT2D eigenvalue weighted by Gasteiger charge is -2.03. The van der Waals surface area contributed by atoms with Crippen LogP contribution in [0.15, 0.2) is 35.4 Å². The minimum Gasteiger partial charge on any atom is -0.314 e. The van der Waals surface area contributed by atoms with E-state index in [0.717, 1.165) is 17.4 Å². The molecule has 0 radical (unpaired) electrons. The summed E-state index contributed by atoms with van der Waals surface area (Å²) in [5.41, 5.74) is 0.968. The van der Waals surface area contributed by atoms with Gasteiger partial charge < -0.3 is 4.57 Å². The predicted octanol–water partition coefficient (Wildman–Crippen LogP) is 1.08. The Morgan fingerprint density at radius 2 is 2.18 bits per heavy atom. The highest BCUT2D eigenvalue weighted by atomic mass is 79.9. The summed E-state index contributed by atoms with van der Waals surface area (Å²) in [4.78, 5) is 11.5. The molecule has 2 aromatic rings. The van der Waals surface area contributed by atoms with Gasteiger partial charge in [-0.15, -0.1) is 5.10 Å². The van der Waals surface area contributed by atoms with Gasteiger partial charge in [0.05, 0.1) is 12.2 Å². The van der Waals surface area contributed by atoms with E-state index in [1.807, 2.05) is 12.3 Å². The Hall–Kier alpha value is -1.43. The van der Waals surface area contributed by atoms with E-state index in [1.165, 1.54) is 0 Å². The number of nitrogens with zero attached hydrogens (tertiary/aromatic N) is 4. The van der Waals surface area contributed by atoms with Crippen LogP contribution in [-0.2, 0) is 19.5 Å². The summed E-state index contributed by atoms with van der Waals surface area (Å²) in [7, 11) is 0. The molecule has 90 valence electrons. The standard InChI is InChI=1S/C11H13BrN4O/c12-5-4-10-9-16(14-13-10)8-7-15-6-2-1-3-11(15)17/h1-3,6,9H,4-5,7-8H2. The highest BCUT2D eigenvalue weighted by Crippen LogP contribution is 1.97. The third-order valence-electron chi connectivity index (χ3n) is 2.41. The van der Waals surface area contributed by atoms with Crippen molar-refractivity contribution in [2.24, 2.45) is 0 Å². The number of pyridine rings is 1. The smallest absolute Gasteiger partial charge is 0.250 e. The minimum atomic E-state index is 0.00768. The van der Waals surface area contributed by atoms with Gasteiger partial charge in [0, 0.05) is 36.8 Å². The Kier molecular flexibility index (Phi) is 4.08. The molecule has 0 amide bonds. The Labute approximate surface area is 107 Å². The summed E-state index contributed by atoms with van der Waals surface area (Å²) in [5.74, 6) is 0. The van der Waals surface area contributed by atoms with Crippen LogP contribution in [0.25, 0.3) is 0 Å². The molecule has 0 atom stereocenters. The topological polar surface area (TPSA) is 52.7 Å². The predicted molar refractivity (Wildman–Crippen MR) is 68.2 cm³/mol. The molecule has 0 fully saturated rings. The Morgan fingerprint density at radius 1 is 1.29 bits per heavy atom. The van der Waals surface area contributed by atoms with Crippen LogP contribution >= 0.6 is 15.9 Å². The van der Waals surface area contributed by atoms with E-state index in [1.54, 1.807) is 27.6 Å². The van der Waals surface area contributed by atoms with Gasteiger partial charge in [0.15, 0.2) is 0 Å². The van der Waals surface area contributed by atoms with Crippen molar-refractivity contribution in [3.63, 3.8) is 0 Å². The second-order valence-corrected chi connectivity index (χ2v) is 4.44. The SMILES string of the molecule is O=c1ccccn1CCn1cc(CCBr)nn1. The monoisotopic (exact) mass is 296 g/mol. The number of rotatable bonds is 5. The van der Waals surface area contributed by atoms with Crippen molar-refractivity contribution in [1.29, 1.82) is 0 Å². The van der Waals surface area contributed by atoms with Gasteiger partial charge in [-0.3, -0.25) is 9.48 Å². The van der Waals surface area contributed by atoms with Crippen LogP contribution in [0.1, 0.15) is 5.69 Å². The lowest BCUT2D eigenvalue weighted by molar-refractivity contribution is 0.511. The number of hydrogen-bond donors (Lipinski definition) is 0. The maximum Gasteiger partial charge on any atom is 0.250 e. The van der Waals surface area contributed by atoms with E-state index in [4.69, 9.17) is 0 Å². The van der Waals surface area contributed by atoms with Crippen molar-refractivity contribution in [2.75, 3.05) is 5.33 Å². The molecular formula is C11H13BrN4O. The molecule has 0 N–H and O–H groups in total. The molecule has 6 heteroatoms. The number of halogens is 1. The summed E-state index contributed by atoms with van der Waals surface area (Å²) < 4.78 is 3.42. The minimum absolute atomic E-state index is 0.00768. The largest absolute Gasteiger partial charge is 0.314 e. The number of hydrogen-bond acceptors (Lipinski definition) is 3. The van der Waals surface area contributed by atoms with Crippen LogP contribution in [0.2, 0.25) is 0 Å². The van der Waals surface area contributed by atoms with E-state index >= 15 is 0 Å². The first-order chi connectivity index (χ1) is 8.29. The first-order valence-electron chi connectivity index (χ1n) is 5.40. The van der Waals surface area contributed by atoms with E-state index < -0.39 is 0 Å². The van der Waals surface area contributed by atoms with Crippen LogP contribution in [0.5, 0.6) is 0 Å². The van der Waals surface area contributed by atoms with E-state index in [9.17, 15) is 4.79 Å². The second-order valence-electron chi connectivity index (χ2n) is 3.64. The maximum absolute atomic E-state index is 11.5. The summed E-state index contributed by atoms with van der Waals surface area (Å²) in [6.07, 6.45) is 4.55. The molecule has 2 rings (SSSR count). The van der Waals surface area contributed by atoms with Crippen molar-refractivity contribution >= 4 is 15.9 Å². The van der Waals surface area contributed by atoms with Gasteiger partial charge in [0.2, 0.25) is 0 Å². The molecule has 2 aromatic heterocycles. The summed E-state index contributed by atoms with van der Waals surface area (Å²) >= 11 is 3.36. The number of aryl methyl sites for hydroxylation is 3. The van der Waals surface area contributed by atoms with E-state index in [2.05, 4.69) is 26.2 Å². The molecule has 0 aliphatic heterocycles. The van der Waals surface area contributed by atoms with Gasteiger partial charge in [-0.2, -0.15) is 0 Å². The molecule has 0 aliphatic rings. The lowest BCUT2D eigenvalue weighted by Crippen LogP contribution is -2.20. The van der Waals surface area contributed by atoms with Gasteiger partial charge in [-0.25, -0.2) is 0 Å². The van der Waals surface area contributed by atoms with Gasteiger partial charge in [-0.05, 0) is 6.07 Å². The first kappa shape index (κ1) is 12.0. The average molecular weight is 297 g/mol. The molecule has 0 unspecified atom stereocenters. The molecule has 17 heavy (non-hydrogen) atoms. The zero-order chi connectivity index (χ0) is 12.1. The Bertz CT molecular complexity index is 534. The third-order valence-corrected chi connectivity index (χ3v) is 2.80. The lowest BCUT2D eigenvalue weighted by atomic mass is 10.4. The van der Waals surface area contributed by atoms with E-state index in [0.29, 0.717) is 13.1 Å². The molecule has 0 bridgehead atoms. The van der Waals surface area contributed by atoms with Gasteiger partial charge in [0.25, 0.3) is 5.56 Å². The fourth-order valence-electron chi connectivity index (χ4n) is 1.51. The van der Waals surface area contributed by atoms with Crippen LogP contribution in [0.4, 0.5) is 0 Å². The van der Waals surface area contributed by atoms with Crippen molar-refractivity contribution in [2.45, 2.75) is 19.5 Å². The zero-order valence-electron chi connectivity index (χ0n) is 9.29. The molecule has 0 aromatic carbocycles. The molecule has 2 heterocycles. The molecule has 5 nitrogen and oxygen atoms in total. The normalized spacial score (nSPS) is 10.6. The molecule has 0 spiro atoms. The third kappa shape index (κ3) is 3.26. The Morgan fingerprint density at radius 3 is 2.94 bits per heavy atom. The highest BCUT2D eigenvalue weighted by molar-refractivity contribution is 9.09. The highest BCUT2D eigenvalue weighted by Gasteiger charge is 2.00. The number of alkyl halides is 1. The van der Waals surface area contributed by atoms with Crippen molar-refractivity contribution in [3.05, 3.63) is 46.6 Å². The van der Waals surface area contributed by atoms with Crippen LogP contribution < -0.4 is 5.56 Å². The van der Waals surface area contributed by atoms with Crippen molar-refractivity contribution in [1.82, 2.24) is 19.6 Å². The summed E-state index contributed by atoms with van der Waals surface area (Å²) in [5, 5.41) is 8.93. The number of aromatic nitrogens is 4. The Balaban J connectivity index is 1.98. The fraction of sp³-hybridized carbons (Fsp3) is 0.364. The molecule has 0 saturated heterocycles. The first-order valence-corrected chi connectivity index (χ1v) is 6.52. The molecule has 0 aliphatic carbocycles. The molecule has 0 saturated carbocycles. The van der Waals surface area contributed by atoms with Gasteiger partial charge in [0.1, 0.15) is 0 Å². The van der Waals surface area contributed by atoms with Crippen LogP contribution in [0, 0.1) is 0 Å². The average Bonchev–Trinajstić information content (AvgIpc) is 2.76. The maximum atomic E-state index is 11.5. The van der Waals surface area contributed by atoms with Gasteiger partial charge >= 0.3 is 0 Å². The zero-order valence-corrected chi connectivity index (χ0v) is 10.9. The quantitative estimate of drug-likeness (QED) is 0.776. The van der Waals surface area contributed by atoms with Crippen LogP contribution in [-0.4, -0.2) is 24.9 Å². The summed E-state index contributed by atoms with van der Waals surface area (Å²) in [6.45, 7) is 1.26. The van der Waals surface area contributed by atoms with Crippen molar-refractivity contribution < 1.29 is 0 Å². The van der Waals surface area contributed by atoms with Crippen LogP contribution in [0.3, 0.4) is 0 Å². The van der Waals surface area contributed by atoms with Crippen molar-refractivity contribution in [3.8, 4) is 0 Å². The molecular weight excluding hydrogens is 284 g/mol. The fourth-order valence-corrected chi connectivity index (χ4v) is 1.92. The van der Waals surface area contributed by atoms with E-state index in [-0.39, 0.29) is 5.56 Å². The summed E-state index contributed by atoms with van der Waals surface area (Å²) in [6, 6.07) is 5.14. The second kappa shape index (κ2) is 5.77. The van der Waals surface area contributed by atoms with Gasteiger partial charge in [-0.1, -0.05) is 27.2 Å².